The highest BCUT2D eigenvalue weighted by atomic mass is 35.5. The number of halogens is 1. The minimum absolute atomic E-state index is 0.371. The molecular weight excluding hydrogens is 252 g/mol. The largest absolute Gasteiger partial charge is 0.465 e. The van der Waals surface area contributed by atoms with Gasteiger partial charge in [0.25, 0.3) is 0 Å². The number of nitrogens with zero attached hydrogens (tertiary/aromatic N) is 2. The minimum atomic E-state index is -0.371. The van der Waals surface area contributed by atoms with Crippen LogP contribution < -0.4 is 0 Å². The summed E-state index contributed by atoms with van der Waals surface area (Å²) in [4.78, 5) is 11.5. The molecule has 1 aromatic heterocycles. The lowest BCUT2D eigenvalue weighted by atomic mass is 10.2. The van der Waals surface area contributed by atoms with E-state index in [1.165, 1.54) is 7.11 Å². The Hall–Kier alpha value is -1.81. The lowest BCUT2D eigenvalue weighted by Gasteiger charge is -2.06. The third-order valence-electron chi connectivity index (χ3n) is 2.71. The zero-order valence-electron chi connectivity index (χ0n) is 10.4. The fourth-order valence-corrected chi connectivity index (χ4v) is 1.88. The van der Waals surface area contributed by atoms with Crippen LogP contribution in [-0.2, 0) is 4.74 Å². The first-order chi connectivity index (χ1) is 8.54. The third-order valence-corrected chi connectivity index (χ3v) is 3.26. The van der Waals surface area contributed by atoms with E-state index in [9.17, 15) is 4.79 Å². The summed E-state index contributed by atoms with van der Waals surface area (Å²) < 4.78 is 6.40. The minimum Gasteiger partial charge on any atom is -0.465 e. The Morgan fingerprint density at radius 2 is 2.11 bits per heavy atom. The van der Waals surface area contributed by atoms with Gasteiger partial charge < -0.3 is 4.74 Å². The topological polar surface area (TPSA) is 44.1 Å². The van der Waals surface area contributed by atoms with Crippen molar-refractivity contribution in [3.8, 4) is 5.69 Å². The van der Waals surface area contributed by atoms with E-state index < -0.39 is 0 Å². The van der Waals surface area contributed by atoms with Gasteiger partial charge in [0.05, 0.1) is 34.8 Å². The van der Waals surface area contributed by atoms with Gasteiger partial charge in [0.15, 0.2) is 0 Å². The number of hydrogen-bond donors (Lipinski definition) is 0. The zero-order valence-corrected chi connectivity index (χ0v) is 11.2. The molecule has 0 saturated carbocycles. The predicted molar refractivity (Wildman–Crippen MR) is 69.4 cm³/mol. The standard InChI is InChI=1S/C13H13ClN2O2/c1-8-12(14)9(2)16(15-8)11-6-4-5-10(7-11)13(17)18-3/h4-7H,1-3H3. The third kappa shape index (κ3) is 2.11. The van der Waals surface area contributed by atoms with Gasteiger partial charge in [-0.3, -0.25) is 0 Å². The number of esters is 1. The van der Waals surface area contributed by atoms with Crippen molar-refractivity contribution < 1.29 is 9.53 Å². The van der Waals surface area contributed by atoms with Crippen LogP contribution in [0.2, 0.25) is 5.02 Å². The van der Waals surface area contributed by atoms with Crippen molar-refractivity contribution in [2.75, 3.05) is 7.11 Å². The number of methoxy groups -OCH3 is 1. The van der Waals surface area contributed by atoms with Crippen LogP contribution in [-0.4, -0.2) is 22.9 Å². The molecule has 0 unspecified atom stereocenters. The van der Waals surface area contributed by atoms with Gasteiger partial charge in [0.1, 0.15) is 0 Å². The molecular formula is C13H13ClN2O2. The second-order valence-corrected chi connectivity index (χ2v) is 4.32. The highest BCUT2D eigenvalue weighted by molar-refractivity contribution is 6.31. The highest BCUT2D eigenvalue weighted by Gasteiger charge is 2.12. The number of ether oxygens (including phenoxy) is 1. The molecule has 0 bridgehead atoms. The van der Waals surface area contributed by atoms with Crippen LogP contribution >= 0.6 is 11.6 Å². The van der Waals surface area contributed by atoms with Crippen molar-refractivity contribution in [1.82, 2.24) is 9.78 Å². The molecule has 4 nitrogen and oxygen atoms in total. The number of aryl methyl sites for hydroxylation is 1. The monoisotopic (exact) mass is 264 g/mol. The molecule has 5 heteroatoms. The maximum Gasteiger partial charge on any atom is 0.337 e. The van der Waals surface area contributed by atoms with Crippen molar-refractivity contribution >= 4 is 17.6 Å². The summed E-state index contributed by atoms with van der Waals surface area (Å²) in [5.41, 5.74) is 2.87. The Balaban J connectivity index is 2.51. The summed E-state index contributed by atoms with van der Waals surface area (Å²) in [5, 5.41) is 4.98. The average Bonchev–Trinajstić information content (AvgIpc) is 2.66. The molecule has 0 saturated heterocycles. The Bertz CT molecular complexity index is 605. The number of benzene rings is 1. The molecule has 0 fully saturated rings. The van der Waals surface area contributed by atoms with E-state index in [0.29, 0.717) is 10.6 Å². The van der Waals surface area contributed by atoms with Crippen molar-refractivity contribution in [2.45, 2.75) is 13.8 Å². The summed E-state index contributed by atoms with van der Waals surface area (Å²) in [7, 11) is 1.36. The van der Waals surface area contributed by atoms with Crippen molar-refractivity contribution in [3.05, 3.63) is 46.2 Å². The van der Waals surface area contributed by atoms with Crippen molar-refractivity contribution in [2.24, 2.45) is 0 Å². The van der Waals surface area contributed by atoms with Crippen LogP contribution in [0.1, 0.15) is 21.7 Å². The van der Waals surface area contributed by atoms with E-state index in [4.69, 9.17) is 16.3 Å². The number of hydrogen-bond acceptors (Lipinski definition) is 3. The molecule has 94 valence electrons. The lowest BCUT2D eigenvalue weighted by Crippen LogP contribution is -2.04. The van der Waals surface area contributed by atoms with Crippen LogP contribution in [0.3, 0.4) is 0 Å². The van der Waals surface area contributed by atoms with Crippen LogP contribution in [0.15, 0.2) is 24.3 Å². The molecule has 1 aromatic carbocycles. The first kappa shape index (κ1) is 12.6. The lowest BCUT2D eigenvalue weighted by molar-refractivity contribution is 0.0600. The first-order valence-corrected chi connectivity index (χ1v) is 5.83. The van der Waals surface area contributed by atoms with E-state index in [2.05, 4.69) is 5.10 Å². The second kappa shape index (κ2) is 4.82. The summed E-state index contributed by atoms with van der Waals surface area (Å²) in [6, 6.07) is 7.07. The molecule has 0 atom stereocenters. The molecule has 0 amide bonds. The maximum atomic E-state index is 11.5. The maximum absolute atomic E-state index is 11.5. The Labute approximate surface area is 110 Å². The number of aromatic nitrogens is 2. The van der Waals surface area contributed by atoms with E-state index in [0.717, 1.165) is 17.1 Å². The smallest absolute Gasteiger partial charge is 0.337 e. The zero-order chi connectivity index (χ0) is 13.3. The molecule has 2 aromatic rings. The Kier molecular flexibility index (Phi) is 3.39. The van der Waals surface area contributed by atoms with E-state index >= 15 is 0 Å². The number of rotatable bonds is 2. The molecule has 0 radical (unpaired) electrons. The molecule has 2 rings (SSSR count). The van der Waals surface area contributed by atoms with Crippen LogP contribution in [0, 0.1) is 13.8 Å². The Morgan fingerprint density at radius 1 is 1.39 bits per heavy atom. The summed E-state index contributed by atoms with van der Waals surface area (Å²) >= 11 is 6.10. The molecule has 0 N–H and O–H groups in total. The summed E-state index contributed by atoms with van der Waals surface area (Å²) in [6.45, 7) is 3.73. The van der Waals surface area contributed by atoms with Gasteiger partial charge in [-0.15, -0.1) is 0 Å². The van der Waals surface area contributed by atoms with Gasteiger partial charge in [-0.2, -0.15) is 5.10 Å². The molecule has 0 spiro atoms. The molecule has 18 heavy (non-hydrogen) atoms. The number of carbonyl (C=O) groups excluding carboxylic acids is 1. The van der Waals surface area contributed by atoms with Gasteiger partial charge in [-0.1, -0.05) is 17.7 Å². The van der Waals surface area contributed by atoms with Crippen LogP contribution in [0.5, 0.6) is 0 Å². The van der Waals surface area contributed by atoms with Crippen LogP contribution in [0.25, 0.3) is 5.69 Å². The Morgan fingerprint density at radius 3 is 2.67 bits per heavy atom. The quantitative estimate of drug-likeness (QED) is 0.784. The average molecular weight is 265 g/mol. The van der Waals surface area contributed by atoms with Gasteiger partial charge in [0, 0.05) is 0 Å². The number of carbonyl (C=O) groups is 1. The van der Waals surface area contributed by atoms with E-state index in [1.807, 2.05) is 19.9 Å². The van der Waals surface area contributed by atoms with Gasteiger partial charge in [-0.25, -0.2) is 9.48 Å². The van der Waals surface area contributed by atoms with Gasteiger partial charge in [-0.05, 0) is 32.0 Å². The van der Waals surface area contributed by atoms with Crippen LogP contribution in [0.4, 0.5) is 0 Å². The fourth-order valence-electron chi connectivity index (χ4n) is 1.76. The second-order valence-electron chi connectivity index (χ2n) is 3.94. The van der Waals surface area contributed by atoms with Crippen molar-refractivity contribution in [3.63, 3.8) is 0 Å². The predicted octanol–water partition coefficient (Wildman–Crippen LogP) is 2.93. The van der Waals surface area contributed by atoms with Crippen molar-refractivity contribution in [1.29, 1.82) is 0 Å². The van der Waals surface area contributed by atoms with Gasteiger partial charge in [0.2, 0.25) is 0 Å². The molecule has 0 aliphatic rings. The SMILES string of the molecule is COC(=O)c1cccc(-n2nc(C)c(Cl)c2C)c1. The highest BCUT2D eigenvalue weighted by Crippen LogP contribution is 2.22. The molecule has 0 aliphatic carbocycles. The molecule has 1 heterocycles. The summed E-state index contributed by atoms with van der Waals surface area (Å²) in [5.74, 6) is -0.371. The van der Waals surface area contributed by atoms with E-state index in [1.54, 1.807) is 22.9 Å². The van der Waals surface area contributed by atoms with Gasteiger partial charge >= 0.3 is 5.97 Å². The molecule has 0 aliphatic heterocycles. The first-order valence-electron chi connectivity index (χ1n) is 5.45. The normalized spacial score (nSPS) is 10.4. The summed E-state index contributed by atoms with van der Waals surface area (Å²) in [6.07, 6.45) is 0. The fraction of sp³-hybridized carbons (Fsp3) is 0.231. The van der Waals surface area contributed by atoms with E-state index in [-0.39, 0.29) is 5.97 Å².